The first-order valence-corrected chi connectivity index (χ1v) is 7.86. The first-order valence-electron chi connectivity index (χ1n) is 7.86. The Kier molecular flexibility index (Phi) is 3.89. The summed E-state index contributed by atoms with van der Waals surface area (Å²) in [5, 5.41) is 5.33. The highest BCUT2D eigenvalue weighted by Crippen LogP contribution is 2.28. The highest BCUT2D eigenvalue weighted by Gasteiger charge is 2.10. The Balaban J connectivity index is 1.68. The maximum absolute atomic E-state index is 12.2. The molecule has 0 saturated heterocycles. The monoisotopic (exact) mass is 336 g/mol. The summed E-state index contributed by atoms with van der Waals surface area (Å²) in [7, 11) is 1.98. The number of nitrogens with one attached hydrogen (secondary N) is 1. The fraction of sp³-hybridized carbons (Fsp3) is 0.167. The number of alkyl halides is 1. The molecule has 4 aromatic rings. The van der Waals surface area contributed by atoms with Crippen LogP contribution < -0.4 is 10.1 Å². The van der Waals surface area contributed by atoms with Crippen LogP contribution in [0.1, 0.15) is 0 Å². The summed E-state index contributed by atoms with van der Waals surface area (Å²) < 4.78 is 19.5. The van der Waals surface area contributed by atoms with Gasteiger partial charge in [-0.15, -0.1) is 0 Å². The Labute approximate surface area is 143 Å². The summed E-state index contributed by atoms with van der Waals surface area (Å²) in [4.78, 5) is 13.0. The summed E-state index contributed by atoms with van der Waals surface area (Å²) in [5.41, 5.74) is 2.67. The molecule has 0 unspecified atom stereocenters. The van der Waals surface area contributed by atoms with Crippen molar-refractivity contribution in [3.8, 4) is 5.75 Å². The molecule has 0 radical (unpaired) electrons. The normalized spacial score (nSPS) is 11.1. The van der Waals surface area contributed by atoms with Gasteiger partial charge in [0.15, 0.2) is 0 Å². The number of hydrogen-bond acceptors (Lipinski definition) is 5. The van der Waals surface area contributed by atoms with Crippen LogP contribution in [0, 0.1) is 0 Å². The molecule has 126 valence electrons. The number of pyridine rings is 3. The number of halogens is 1. The third-order valence-corrected chi connectivity index (χ3v) is 3.97. The van der Waals surface area contributed by atoms with Crippen LogP contribution in [0.4, 0.5) is 15.9 Å². The van der Waals surface area contributed by atoms with Crippen molar-refractivity contribution >= 4 is 33.4 Å². The summed E-state index contributed by atoms with van der Waals surface area (Å²) in [6.45, 7) is -0.523. The SMILES string of the molecule is Cn1c2ccncc2c2ccc(Nc3cncc(OCC[18F])c3)nc21. The number of rotatable bonds is 5. The quantitative estimate of drug-likeness (QED) is 0.603. The third-order valence-electron chi connectivity index (χ3n) is 3.97. The molecule has 0 aromatic carbocycles. The van der Waals surface area contributed by atoms with E-state index in [0.717, 1.165) is 27.6 Å². The predicted octanol–water partition coefficient (Wildman–Crippen LogP) is 3.61. The number of anilines is 2. The molecule has 0 spiro atoms. The number of hydrogen-bond donors (Lipinski definition) is 1. The van der Waals surface area contributed by atoms with Crippen LogP contribution in [0.25, 0.3) is 21.9 Å². The minimum Gasteiger partial charge on any atom is -0.489 e. The fourth-order valence-corrected chi connectivity index (χ4v) is 2.86. The van der Waals surface area contributed by atoms with Crippen molar-refractivity contribution in [3.05, 3.63) is 49.1 Å². The number of ether oxygens (including phenoxy) is 1. The highest BCUT2D eigenvalue weighted by atomic mass is 18.2. The molecular weight excluding hydrogens is 320 g/mol. The fourth-order valence-electron chi connectivity index (χ4n) is 2.86. The van der Waals surface area contributed by atoms with Crippen molar-refractivity contribution in [1.29, 1.82) is 0 Å². The van der Waals surface area contributed by atoms with E-state index >= 15 is 0 Å². The Hall–Kier alpha value is -3.22. The van der Waals surface area contributed by atoms with Gasteiger partial charge >= 0.3 is 0 Å². The second kappa shape index (κ2) is 6.35. The zero-order valence-electron chi connectivity index (χ0n) is 13.6. The van der Waals surface area contributed by atoms with Gasteiger partial charge in [0.2, 0.25) is 0 Å². The van der Waals surface area contributed by atoms with E-state index in [4.69, 9.17) is 9.72 Å². The van der Waals surface area contributed by atoms with Gasteiger partial charge in [-0.1, -0.05) is 0 Å². The zero-order chi connectivity index (χ0) is 17.2. The van der Waals surface area contributed by atoms with Crippen molar-refractivity contribution < 1.29 is 9.13 Å². The summed E-state index contributed by atoms with van der Waals surface area (Å²) in [6.07, 6.45) is 6.84. The Bertz CT molecular complexity index is 1050. The van der Waals surface area contributed by atoms with Crippen LogP contribution in [0.2, 0.25) is 0 Å². The van der Waals surface area contributed by atoms with Crippen LogP contribution in [0.15, 0.2) is 49.1 Å². The maximum Gasteiger partial charge on any atom is 0.143 e. The molecule has 0 aliphatic rings. The van der Waals surface area contributed by atoms with Gasteiger partial charge in [0, 0.05) is 36.3 Å². The van der Waals surface area contributed by atoms with Crippen molar-refractivity contribution in [1.82, 2.24) is 19.5 Å². The number of aryl methyl sites for hydroxylation is 1. The number of fused-ring (bicyclic) bond motifs is 3. The molecule has 6 nitrogen and oxygen atoms in total. The summed E-state index contributed by atoms with van der Waals surface area (Å²) in [6, 6.07) is 7.66. The van der Waals surface area contributed by atoms with Crippen molar-refractivity contribution in [3.63, 3.8) is 0 Å². The van der Waals surface area contributed by atoms with Crippen LogP contribution in [0.5, 0.6) is 5.75 Å². The van der Waals surface area contributed by atoms with E-state index in [1.54, 1.807) is 24.7 Å². The van der Waals surface area contributed by atoms with Gasteiger partial charge in [-0.2, -0.15) is 0 Å². The average Bonchev–Trinajstić information content (AvgIpc) is 2.93. The summed E-state index contributed by atoms with van der Waals surface area (Å²) in [5.74, 6) is 1.20. The largest absolute Gasteiger partial charge is 0.489 e. The van der Waals surface area contributed by atoms with Crippen LogP contribution in [0.3, 0.4) is 0 Å². The lowest BCUT2D eigenvalue weighted by molar-refractivity contribution is 0.272. The van der Waals surface area contributed by atoms with Gasteiger partial charge in [0.05, 0.1) is 23.6 Å². The highest BCUT2D eigenvalue weighted by molar-refractivity contribution is 6.06. The lowest BCUT2D eigenvalue weighted by atomic mass is 10.2. The molecule has 25 heavy (non-hydrogen) atoms. The standard InChI is InChI=1S/C18H16FN5O/c1-24-16-4-6-20-11-15(16)14-2-3-17(23-18(14)24)22-12-8-13(10-21-9-12)25-7-5-19/h2-4,6,8-11H,5,7H2,1H3,(H,22,23)/i19-1. The molecule has 4 rings (SSSR count). The Morgan fingerprint density at radius 1 is 1.12 bits per heavy atom. The molecule has 7 heteroatoms. The smallest absolute Gasteiger partial charge is 0.143 e. The van der Waals surface area contributed by atoms with E-state index in [0.29, 0.717) is 11.6 Å². The zero-order valence-corrected chi connectivity index (χ0v) is 13.6. The third kappa shape index (κ3) is 2.84. The van der Waals surface area contributed by atoms with Gasteiger partial charge in [-0.25, -0.2) is 9.37 Å². The van der Waals surface area contributed by atoms with Gasteiger partial charge in [-0.05, 0) is 18.2 Å². The predicted molar refractivity (Wildman–Crippen MR) is 95.0 cm³/mol. The topological polar surface area (TPSA) is 64.9 Å². The number of nitrogens with zero attached hydrogens (tertiary/aromatic N) is 4. The van der Waals surface area contributed by atoms with E-state index in [2.05, 4.69) is 15.3 Å². The van der Waals surface area contributed by atoms with Crippen molar-refractivity contribution in [2.24, 2.45) is 7.05 Å². The maximum atomic E-state index is 12.2. The van der Waals surface area contributed by atoms with Crippen molar-refractivity contribution in [2.75, 3.05) is 18.6 Å². The molecular formula is C18H16FN5O. The second-order valence-electron chi connectivity index (χ2n) is 5.59. The lowest BCUT2D eigenvalue weighted by Crippen LogP contribution is -2.00. The van der Waals surface area contributed by atoms with Crippen LogP contribution >= 0.6 is 0 Å². The first kappa shape index (κ1) is 15.3. The van der Waals surface area contributed by atoms with E-state index in [9.17, 15) is 4.39 Å². The second-order valence-corrected chi connectivity index (χ2v) is 5.59. The van der Waals surface area contributed by atoms with Gasteiger partial charge in [-0.3, -0.25) is 9.97 Å². The average molecular weight is 336 g/mol. The van der Waals surface area contributed by atoms with Gasteiger partial charge in [0.1, 0.15) is 30.5 Å². The Morgan fingerprint density at radius 3 is 2.92 bits per heavy atom. The minimum atomic E-state index is -0.536. The molecule has 0 saturated carbocycles. The molecule has 1 N–H and O–H groups in total. The molecule has 0 bridgehead atoms. The van der Waals surface area contributed by atoms with Crippen LogP contribution in [-0.2, 0) is 7.05 Å². The molecule has 4 aromatic heterocycles. The van der Waals surface area contributed by atoms with Crippen molar-refractivity contribution in [2.45, 2.75) is 0 Å². The molecule has 0 aliphatic carbocycles. The van der Waals surface area contributed by atoms with E-state index in [1.165, 1.54) is 0 Å². The summed E-state index contributed by atoms with van der Waals surface area (Å²) >= 11 is 0. The van der Waals surface area contributed by atoms with E-state index < -0.39 is 6.67 Å². The van der Waals surface area contributed by atoms with Crippen LogP contribution in [-0.4, -0.2) is 32.8 Å². The molecule has 0 fully saturated rings. The van der Waals surface area contributed by atoms with E-state index in [1.807, 2.05) is 36.0 Å². The molecule has 0 aliphatic heterocycles. The minimum absolute atomic E-state index is 0.0132. The van der Waals surface area contributed by atoms with Gasteiger partial charge < -0.3 is 14.6 Å². The number of aromatic nitrogens is 4. The molecule has 0 atom stereocenters. The molecule has 0 amide bonds. The van der Waals surface area contributed by atoms with Gasteiger partial charge in [0.25, 0.3) is 0 Å². The molecule has 4 heterocycles. The first-order chi connectivity index (χ1) is 12.3. The Morgan fingerprint density at radius 2 is 2.04 bits per heavy atom. The van der Waals surface area contributed by atoms with E-state index in [-0.39, 0.29) is 6.61 Å². The lowest BCUT2D eigenvalue weighted by Gasteiger charge is -2.08.